The van der Waals surface area contributed by atoms with Gasteiger partial charge in [-0.05, 0) is 32.1 Å². The lowest BCUT2D eigenvalue weighted by Crippen LogP contribution is -2.31. The highest BCUT2D eigenvalue weighted by Gasteiger charge is 2.11. The number of aromatic nitrogens is 3. The van der Waals surface area contributed by atoms with Crippen LogP contribution in [0.2, 0.25) is 0 Å². The van der Waals surface area contributed by atoms with Gasteiger partial charge in [0.25, 0.3) is 0 Å². The monoisotopic (exact) mass is 320 g/mol. The molecule has 1 aromatic carbocycles. The first-order valence-electron chi connectivity index (χ1n) is 7.14. The van der Waals surface area contributed by atoms with Gasteiger partial charge in [0.2, 0.25) is 5.91 Å². The van der Waals surface area contributed by atoms with E-state index < -0.39 is 6.10 Å². The van der Waals surface area contributed by atoms with Crippen molar-refractivity contribution in [2.45, 2.75) is 32.9 Å². The zero-order chi connectivity index (χ0) is 16.1. The summed E-state index contributed by atoms with van der Waals surface area (Å²) in [4.78, 5) is 11.8. The van der Waals surface area contributed by atoms with E-state index in [4.69, 9.17) is 17.3 Å². The average Bonchev–Trinajstić information content (AvgIpc) is 2.84. The first-order valence-corrected chi connectivity index (χ1v) is 7.55. The number of rotatable bonds is 6. The summed E-state index contributed by atoms with van der Waals surface area (Å²) >= 11 is 5.24. The first kappa shape index (κ1) is 16.4. The number of nitrogens with zero attached hydrogens (tertiary/aromatic N) is 2. The highest BCUT2D eigenvalue weighted by Crippen LogP contribution is 2.18. The SMILES string of the molecule is Cc1cccc(-c2n[nH]c(=S)n2CCC(=O)NCC(C)O)c1. The molecule has 6 nitrogen and oxygen atoms in total. The van der Waals surface area contributed by atoms with Crippen molar-refractivity contribution in [2.75, 3.05) is 6.54 Å². The molecule has 0 aliphatic heterocycles. The van der Waals surface area contributed by atoms with E-state index >= 15 is 0 Å². The molecule has 0 aliphatic carbocycles. The zero-order valence-electron chi connectivity index (χ0n) is 12.7. The normalized spacial score (nSPS) is 12.1. The summed E-state index contributed by atoms with van der Waals surface area (Å²) in [7, 11) is 0. The quantitative estimate of drug-likeness (QED) is 0.709. The Labute approximate surface area is 134 Å². The number of hydrogen-bond acceptors (Lipinski definition) is 4. The van der Waals surface area contributed by atoms with Gasteiger partial charge < -0.3 is 10.4 Å². The second-order valence-corrected chi connectivity index (χ2v) is 5.66. The number of benzene rings is 1. The molecule has 1 heterocycles. The van der Waals surface area contributed by atoms with Gasteiger partial charge in [-0.25, -0.2) is 0 Å². The van der Waals surface area contributed by atoms with Crippen LogP contribution in [0, 0.1) is 11.7 Å². The van der Waals surface area contributed by atoms with Gasteiger partial charge in [-0.1, -0.05) is 23.8 Å². The van der Waals surface area contributed by atoms with Crippen molar-refractivity contribution in [1.82, 2.24) is 20.1 Å². The Hall–Kier alpha value is -1.99. The molecule has 1 amide bonds. The molecule has 118 valence electrons. The molecule has 1 atom stereocenters. The van der Waals surface area contributed by atoms with Crippen LogP contribution in [0.4, 0.5) is 0 Å². The van der Waals surface area contributed by atoms with E-state index in [-0.39, 0.29) is 18.9 Å². The third kappa shape index (κ3) is 4.25. The number of aliphatic hydroxyl groups excluding tert-OH is 1. The van der Waals surface area contributed by atoms with E-state index in [9.17, 15) is 4.79 Å². The number of aliphatic hydroxyl groups is 1. The van der Waals surface area contributed by atoms with Crippen molar-refractivity contribution in [1.29, 1.82) is 0 Å². The Morgan fingerprint density at radius 2 is 2.32 bits per heavy atom. The predicted octanol–water partition coefficient (Wildman–Crippen LogP) is 1.80. The van der Waals surface area contributed by atoms with Crippen LogP contribution < -0.4 is 5.32 Å². The largest absolute Gasteiger partial charge is 0.392 e. The maximum absolute atomic E-state index is 11.8. The van der Waals surface area contributed by atoms with Gasteiger partial charge in [-0.2, -0.15) is 5.10 Å². The van der Waals surface area contributed by atoms with Crippen molar-refractivity contribution in [2.24, 2.45) is 0 Å². The summed E-state index contributed by atoms with van der Waals surface area (Å²) < 4.78 is 2.30. The smallest absolute Gasteiger partial charge is 0.221 e. The predicted molar refractivity (Wildman–Crippen MR) is 86.9 cm³/mol. The van der Waals surface area contributed by atoms with Gasteiger partial charge in [0.1, 0.15) is 0 Å². The van der Waals surface area contributed by atoms with Crippen LogP contribution in [0.25, 0.3) is 11.4 Å². The van der Waals surface area contributed by atoms with Crippen LogP contribution in [0.5, 0.6) is 0 Å². The number of aromatic amines is 1. The van der Waals surface area contributed by atoms with E-state index in [1.165, 1.54) is 0 Å². The van der Waals surface area contributed by atoms with Gasteiger partial charge in [0, 0.05) is 25.1 Å². The second-order valence-electron chi connectivity index (χ2n) is 5.28. The minimum absolute atomic E-state index is 0.126. The number of carbonyl (C=O) groups is 1. The van der Waals surface area contributed by atoms with Crippen LogP contribution in [0.1, 0.15) is 18.9 Å². The molecular weight excluding hydrogens is 300 g/mol. The minimum Gasteiger partial charge on any atom is -0.392 e. The molecule has 7 heteroatoms. The van der Waals surface area contributed by atoms with Crippen molar-refractivity contribution < 1.29 is 9.90 Å². The van der Waals surface area contributed by atoms with E-state index in [0.29, 0.717) is 11.3 Å². The van der Waals surface area contributed by atoms with Crippen molar-refractivity contribution in [3.8, 4) is 11.4 Å². The molecule has 0 spiro atoms. The summed E-state index contributed by atoms with van der Waals surface area (Å²) in [5.74, 6) is 0.594. The third-order valence-corrected chi connectivity index (χ3v) is 3.50. The summed E-state index contributed by atoms with van der Waals surface area (Å²) in [5.41, 5.74) is 2.09. The van der Waals surface area contributed by atoms with Crippen LogP contribution >= 0.6 is 12.2 Å². The van der Waals surface area contributed by atoms with Crippen LogP contribution in [0.3, 0.4) is 0 Å². The second kappa shape index (κ2) is 7.33. The molecule has 2 aromatic rings. The standard InChI is InChI=1S/C15H20N4O2S/c1-10-4-3-5-12(8-10)14-17-18-15(22)19(14)7-6-13(21)16-9-11(2)20/h3-5,8,11,20H,6-7,9H2,1-2H3,(H,16,21)(H,18,22). The molecule has 0 saturated heterocycles. The molecule has 1 aromatic heterocycles. The van der Waals surface area contributed by atoms with Crippen LogP contribution in [-0.4, -0.2) is 38.4 Å². The highest BCUT2D eigenvalue weighted by atomic mass is 32.1. The molecular formula is C15H20N4O2S. The van der Waals surface area contributed by atoms with Gasteiger partial charge in [0.05, 0.1) is 6.10 Å². The van der Waals surface area contributed by atoms with E-state index in [1.54, 1.807) is 6.92 Å². The Kier molecular flexibility index (Phi) is 5.46. The van der Waals surface area contributed by atoms with Crippen molar-refractivity contribution >= 4 is 18.1 Å². The van der Waals surface area contributed by atoms with E-state index in [1.807, 2.05) is 35.8 Å². The number of amides is 1. The Morgan fingerprint density at radius 1 is 1.55 bits per heavy atom. The molecule has 1 unspecified atom stereocenters. The lowest BCUT2D eigenvalue weighted by Gasteiger charge is -2.09. The molecule has 0 fully saturated rings. The molecule has 0 bridgehead atoms. The van der Waals surface area contributed by atoms with E-state index in [2.05, 4.69) is 15.5 Å². The third-order valence-electron chi connectivity index (χ3n) is 3.19. The number of carbonyl (C=O) groups excluding carboxylic acids is 1. The lowest BCUT2D eigenvalue weighted by atomic mass is 10.1. The fourth-order valence-electron chi connectivity index (χ4n) is 2.09. The fraction of sp³-hybridized carbons (Fsp3) is 0.400. The maximum atomic E-state index is 11.8. The Bertz CT molecular complexity index is 706. The lowest BCUT2D eigenvalue weighted by molar-refractivity contribution is -0.121. The Balaban J connectivity index is 2.10. The van der Waals surface area contributed by atoms with Crippen LogP contribution in [0.15, 0.2) is 24.3 Å². The van der Waals surface area contributed by atoms with Gasteiger partial charge in [0.15, 0.2) is 10.6 Å². The topological polar surface area (TPSA) is 82.9 Å². The summed E-state index contributed by atoms with van der Waals surface area (Å²) in [6.45, 7) is 4.32. The minimum atomic E-state index is -0.553. The number of nitrogens with one attached hydrogen (secondary N) is 2. The molecule has 3 N–H and O–H groups in total. The number of aryl methyl sites for hydroxylation is 1. The van der Waals surface area contributed by atoms with Crippen molar-refractivity contribution in [3.05, 3.63) is 34.6 Å². The first-order chi connectivity index (χ1) is 10.5. The van der Waals surface area contributed by atoms with E-state index in [0.717, 1.165) is 17.0 Å². The van der Waals surface area contributed by atoms with Gasteiger partial charge in [-0.15, -0.1) is 0 Å². The van der Waals surface area contributed by atoms with Gasteiger partial charge in [-0.3, -0.25) is 14.5 Å². The molecule has 2 rings (SSSR count). The summed E-state index contributed by atoms with van der Waals surface area (Å²) in [6.07, 6.45) is -0.276. The van der Waals surface area contributed by atoms with Crippen LogP contribution in [-0.2, 0) is 11.3 Å². The summed E-state index contributed by atoms with van der Waals surface area (Å²) in [6, 6.07) is 7.96. The molecule has 0 radical (unpaired) electrons. The number of H-pyrrole nitrogens is 1. The molecule has 0 aliphatic rings. The number of hydrogen-bond donors (Lipinski definition) is 3. The zero-order valence-corrected chi connectivity index (χ0v) is 13.5. The summed E-state index contributed by atoms with van der Waals surface area (Å²) in [5, 5.41) is 18.9. The van der Waals surface area contributed by atoms with Crippen molar-refractivity contribution in [3.63, 3.8) is 0 Å². The molecule has 22 heavy (non-hydrogen) atoms. The molecule has 0 saturated carbocycles. The maximum Gasteiger partial charge on any atom is 0.221 e. The highest BCUT2D eigenvalue weighted by molar-refractivity contribution is 7.71. The van der Waals surface area contributed by atoms with Gasteiger partial charge >= 0.3 is 0 Å². The fourth-order valence-corrected chi connectivity index (χ4v) is 2.32. The Morgan fingerprint density at radius 3 is 3.00 bits per heavy atom. The average molecular weight is 320 g/mol.